The third-order valence-corrected chi connectivity index (χ3v) is 0. The first-order valence-electron chi connectivity index (χ1n) is 1.08. The van der Waals surface area contributed by atoms with E-state index in [1.165, 1.54) is 0 Å². The molecule has 0 fully saturated rings. The molecule has 0 amide bonds. The molecule has 0 radical (unpaired) electrons. The molecule has 0 unspecified atom stereocenters. The van der Waals surface area contributed by atoms with Gasteiger partial charge in [-0.25, -0.2) is 0 Å². The first-order chi connectivity index (χ1) is 2.00. The summed E-state index contributed by atoms with van der Waals surface area (Å²) in [6, 6.07) is 0. The van der Waals surface area contributed by atoms with E-state index >= 15 is 0 Å². The van der Waals surface area contributed by atoms with Gasteiger partial charge in [0.1, 0.15) is 0 Å². The molecule has 0 spiro atoms. The summed E-state index contributed by atoms with van der Waals surface area (Å²) >= 11 is 9.48. The number of alkyl halides is 2. The van der Waals surface area contributed by atoms with Gasteiger partial charge in [-0.1, -0.05) is 0 Å². The van der Waals surface area contributed by atoms with E-state index in [1.807, 2.05) is 0 Å². The fourth-order valence-corrected chi connectivity index (χ4v) is 0. The number of halogens is 2. The van der Waals surface area contributed by atoms with Crippen LogP contribution in [-0.2, 0) is 0 Å². The fourth-order valence-electron chi connectivity index (χ4n) is 0. The van der Waals surface area contributed by atoms with Crippen LogP contribution in [0.4, 0.5) is 0 Å². The first-order valence-corrected chi connectivity index (χ1v) is 1.84. The number of hydrogen-bond acceptors (Lipinski definition) is 1. The molecule has 0 atom stereocenters. The van der Waals surface area contributed by atoms with Crippen molar-refractivity contribution >= 4 is 23.2 Å². The molecule has 6 heavy (non-hydrogen) atoms. The Morgan fingerprint density at radius 1 is 1.50 bits per heavy atom. The Balaban J connectivity index is 0. The van der Waals surface area contributed by atoms with Crippen LogP contribution in [0.15, 0.2) is 0 Å². The van der Waals surface area contributed by atoms with Gasteiger partial charge < -0.3 is 5.11 Å². The smallest absolute Gasteiger partial charge is 0.826 e. The molecule has 0 aliphatic carbocycles. The maximum Gasteiger partial charge on any atom is 1.00 e. The van der Waals surface area contributed by atoms with Gasteiger partial charge in [-0.05, 0) is 6.92 Å². The predicted octanol–water partition coefficient (Wildman–Crippen LogP) is -2.50. The van der Waals surface area contributed by atoms with Crippen LogP contribution in [0.5, 0.6) is 0 Å². The van der Waals surface area contributed by atoms with Crippen molar-refractivity contribution in [3.63, 3.8) is 0 Å². The summed E-state index contributed by atoms with van der Waals surface area (Å²) in [5.74, 6) is 0. The SMILES string of the molecule is CC([O-])(Cl)Cl.[Li+]. The molecule has 4 heteroatoms. The molecular weight excluding hydrogens is 118 g/mol. The quantitative estimate of drug-likeness (QED) is 0.256. The van der Waals surface area contributed by atoms with Crippen molar-refractivity contribution in [1.82, 2.24) is 0 Å². The zero-order chi connectivity index (χ0) is 4.50. The Bertz CT molecular complexity index is 27.0. The molecular formula is C2H3Cl2LiO. The Labute approximate surface area is 58.8 Å². The fraction of sp³-hybridized carbons (Fsp3) is 1.00. The minimum Gasteiger partial charge on any atom is -0.826 e. The van der Waals surface area contributed by atoms with Crippen molar-refractivity contribution in [3.8, 4) is 0 Å². The largest absolute Gasteiger partial charge is 1.00 e. The van der Waals surface area contributed by atoms with E-state index in [0.717, 1.165) is 6.92 Å². The molecule has 0 saturated carbocycles. The Morgan fingerprint density at radius 2 is 1.50 bits per heavy atom. The van der Waals surface area contributed by atoms with Crippen LogP contribution in [0.2, 0.25) is 0 Å². The standard InChI is InChI=1S/C2H3Cl2O.Li/c1-2(3,4)5;/h1H3;/q-1;+1. The van der Waals surface area contributed by atoms with Crippen molar-refractivity contribution in [2.75, 3.05) is 0 Å². The third kappa shape index (κ3) is 68.0. The second-order valence-corrected chi connectivity index (χ2v) is 2.44. The topological polar surface area (TPSA) is 23.1 Å². The maximum absolute atomic E-state index is 9.64. The molecule has 0 aliphatic rings. The molecule has 32 valence electrons. The Hall–Kier alpha value is 1.14. The average molecular weight is 121 g/mol. The number of rotatable bonds is 0. The van der Waals surface area contributed by atoms with Crippen molar-refractivity contribution in [1.29, 1.82) is 0 Å². The van der Waals surface area contributed by atoms with E-state index in [4.69, 9.17) is 23.2 Å². The van der Waals surface area contributed by atoms with Crippen molar-refractivity contribution in [2.24, 2.45) is 0 Å². The second kappa shape index (κ2) is 3.18. The van der Waals surface area contributed by atoms with Crippen LogP contribution in [0.1, 0.15) is 6.92 Å². The summed E-state index contributed by atoms with van der Waals surface area (Å²) in [7, 11) is 0. The minimum absolute atomic E-state index is 0. The average Bonchev–Trinajstić information content (AvgIpc) is 0.722. The first kappa shape index (κ1) is 10.2. The summed E-state index contributed by atoms with van der Waals surface area (Å²) < 4.78 is -1.81. The zero-order valence-corrected chi connectivity index (χ0v) is 5.18. The third-order valence-electron chi connectivity index (χ3n) is 0. The van der Waals surface area contributed by atoms with Gasteiger partial charge in [0.05, 0.1) is 0 Å². The summed E-state index contributed by atoms with van der Waals surface area (Å²) in [5, 5.41) is 9.64. The van der Waals surface area contributed by atoms with Gasteiger partial charge in [-0.3, -0.25) is 0 Å². The van der Waals surface area contributed by atoms with Gasteiger partial charge in [0.15, 0.2) is 0 Å². The molecule has 0 N–H and O–H groups in total. The summed E-state index contributed by atoms with van der Waals surface area (Å²) in [6.07, 6.45) is 0. The summed E-state index contributed by atoms with van der Waals surface area (Å²) in [5.41, 5.74) is 0. The number of hydrogen-bond donors (Lipinski definition) is 0. The molecule has 1 nitrogen and oxygen atoms in total. The van der Waals surface area contributed by atoms with E-state index in [9.17, 15) is 5.11 Å². The van der Waals surface area contributed by atoms with E-state index in [0.29, 0.717) is 0 Å². The zero-order valence-electron chi connectivity index (χ0n) is 3.66. The molecule has 0 aromatic rings. The Morgan fingerprint density at radius 3 is 1.50 bits per heavy atom. The van der Waals surface area contributed by atoms with Crippen LogP contribution in [0, 0.1) is 0 Å². The van der Waals surface area contributed by atoms with Gasteiger partial charge in [-0.15, -0.1) is 23.2 Å². The van der Waals surface area contributed by atoms with Crippen LogP contribution in [0.3, 0.4) is 0 Å². The van der Waals surface area contributed by atoms with E-state index < -0.39 is 4.52 Å². The van der Waals surface area contributed by atoms with Crippen molar-refractivity contribution in [2.45, 2.75) is 11.4 Å². The minimum atomic E-state index is -1.81. The van der Waals surface area contributed by atoms with Gasteiger partial charge in [0, 0.05) is 4.52 Å². The van der Waals surface area contributed by atoms with E-state index in [2.05, 4.69) is 0 Å². The van der Waals surface area contributed by atoms with Gasteiger partial charge in [-0.2, -0.15) is 0 Å². The molecule has 0 heterocycles. The van der Waals surface area contributed by atoms with Gasteiger partial charge >= 0.3 is 18.9 Å². The molecule has 0 aliphatic heterocycles. The maximum atomic E-state index is 9.64. The molecule has 0 aromatic carbocycles. The molecule has 0 bridgehead atoms. The molecule has 0 rings (SSSR count). The summed E-state index contributed by atoms with van der Waals surface area (Å²) in [6.45, 7) is 1.16. The van der Waals surface area contributed by atoms with E-state index in [-0.39, 0.29) is 18.9 Å². The van der Waals surface area contributed by atoms with Crippen LogP contribution < -0.4 is 24.0 Å². The Kier molecular flexibility index (Phi) is 5.40. The van der Waals surface area contributed by atoms with Crippen LogP contribution in [0.25, 0.3) is 0 Å². The van der Waals surface area contributed by atoms with Crippen LogP contribution in [-0.4, -0.2) is 4.52 Å². The summed E-state index contributed by atoms with van der Waals surface area (Å²) in [4.78, 5) is 0. The normalized spacial score (nSPS) is 10.0. The molecule has 0 aromatic heterocycles. The van der Waals surface area contributed by atoms with Crippen molar-refractivity contribution in [3.05, 3.63) is 0 Å². The van der Waals surface area contributed by atoms with Gasteiger partial charge in [0.2, 0.25) is 0 Å². The van der Waals surface area contributed by atoms with Crippen LogP contribution >= 0.6 is 23.2 Å². The second-order valence-electron chi connectivity index (χ2n) is 0.808. The van der Waals surface area contributed by atoms with Gasteiger partial charge in [0.25, 0.3) is 0 Å². The monoisotopic (exact) mass is 120 g/mol. The predicted molar refractivity (Wildman–Crippen MR) is 20.1 cm³/mol. The van der Waals surface area contributed by atoms with Crippen molar-refractivity contribution < 1.29 is 24.0 Å². The molecule has 0 saturated heterocycles. The van der Waals surface area contributed by atoms with E-state index in [1.54, 1.807) is 0 Å².